The zero-order valence-corrected chi connectivity index (χ0v) is 15.8. The Bertz CT molecular complexity index is 537. The quantitative estimate of drug-likeness (QED) is 0.864. The monoisotopic (exact) mass is 336 g/mol. The van der Waals surface area contributed by atoms with Crippen molar-refractivity contribution in [2.24, 2.45) is 0 Å². The first kappa shape index (κ1) is 18.9. The van der Waals surface area contributed by atoms with Gasteiger partial charge in [0.1, 0.15) is 0 Å². The maximum absolute atomic E-state index is 13.1. The molecule has 1 N–H and O–H groups in total. The van der Waals surface area contributed by atoms with E-state index in [9.17, 15) is 4.79 Å². The molecule has 0 spiro atoms. The minimum absolute atomic E-state index is 0.138. The van der Waals surface area contributed by atoms with Gasteiger partial charge in [0.15, 0.2) is 5.82 Å². The Morgan fingerprint density at radius 2 is 1.83 bits per heavy atom. The van der Waals surface area contributed by atoms with Crippen molar-refractivity contribution < 1.29 is 9.32 Å². The largest absolute Gasteiger partial charge is 0.342 e. The number of amides is 1. The Hall–Kier alpha value is -1.43. The highest BCUT2D eigenvalue weighted by Crippen LogP contribution is 2.30. The molecule has 0 atom stereocenters. The maximum Gasteiger partial charge on any atom is 0.242 e. The Morgan fingerprint density at radius 1 is 1.21 bits per heavy atom. The number of hydrogen-bond acceptors (Lipinski definition) is 5. The Labute approximate surface area is 145 Å². The minimum atomic E-state index is -0.485. The normalized spacial score (nSPS) is 17.7. The Balaban J connectivity index is 2.12. The van der Waals surface area contributed by atoms with Gasteiger partial charge in [-0.3, -0.25) is 10.1 Å². The van der Waals surface area contributed by atoms with E-state index in [0.29, 0.717) is 18.3 Å². The van der Waals surface area contributed by atoms with Crippen LogP contribution in [0.15, 0.2) is 4.52 Å². The van der Waals surface area contributed by atoms with Crippen molar-refractivity contribution in [3.8, 4) is 0 Å². The van der Waals surface area contributed by atoms with Crippen LogP contribution in [0.2, 0.25) is 0 Å². The Morgan fingerprint density at radius 3 is 2.33 bits per heavy atom. The van der Waals surface area contributed by atoms with Crippen molar-refractivity contribution in [1.29, 1.82) is 0 Å². The summed E-state index contributed by atoms with van der Waals surface area (Å²) < 4.78 is 5.37. The first-order valence-corrected chi connectivity index (χ1v) is 9.20. The second-order valence-electron chi connectivity index (χ2n) is 7.74. The molecule has 1 amide bonds. The van der Waals surface area contributed by atoms with E-state index in [-0.39, 0.29) is 11.3 Å². The molecular weight excluding hydrogens is 304 g/mol. The predicted octanol–water partition coefficient (Wildman–Crippen LogP) is 3.03. The van der Waals surface area contributed by atoms with E-state index in [1.54, 1.807) is 0 Å². The van der Waals surface area contributed by atoms with Gasteiger partial charge in [0.25, 0.3) is 0 Å². The fourth-order valence-corrected chi connectivity index (χ4v) is 3.31. The summed E-state index contributed by atoms with van der Waals surface area (Å²) in [6.07, 6.45) is 5.11. The van der Waals surface area contributed by atoms with Crippen LogP contribution in [0.3, 0.4) is 0 Å². The topological polar surface area (TPSA) is 71.3 Å². The van der Waals surface area contributed by atoms with Crippen molar-refractivity contribution >= 4 is 5.91 Å². The lowest BCUT2D eigenvalue weighted by molar-refractivity contribution is -0.139. The second kappa shape index (κ2) is 7.64. The summed E-state index contributed by atoms with van der Waals surface area (Å²) in [5, 5.41) is 7.54. The van der Waals surface area contributed by atoms with Crippen LogP contribution in [-0.4, -0.2) is 39.6 Å². The molecule has 1 aromatic rings. The van der Waals surface area contributed by atoms with E-state index in [1.165, 1.54) is 6.42 Å². The van der Waals surface area contributed by atoms with Gasteiger partial charge in [-0.2, -0.15) is 4.98 Å². The zero-order valence-electron chi connectivity index (χ0n) is 15.8. The van der Waals surface area contributed by atoms with Gasteiger partial charge < -0.3 is 9.42 Å². The number of nitrogens with one attached hydrogen (secondary N) is 1. The van der Waals surface area contributed by atoms with Gasteiger partial charge >= 0.3 is 0 Å². The summed E-state index contributed by atoms with van der Waals surface area (Å²) in [5.41, 5.74) is -0.623. The molecule has 1 saturated carbocycles. The molecule has 1 aliphatic rings. The molecule has 1 fully saturated rings. The van der Waals surface area contributed by atoms with Gasteiger partial charge in [0.05, 0.1) is 12.1 Å². The molecule has 1 aromatic heterocycles. The summed E-state index contributed by atoms with van der Waals surface area (Å²) in [4.78, 5) is 19.5. The van der Waals surface area contributed by atoms with Crippen LogP contribution in [0.4, 0.5) is 0 Å². The zero-order chi connectivity index (χ0) is 17.8. The molecule has 0 saturated heterocycles. The molecular formula is C18H32N4O2. The van der Waals surface area contributed by atoms with Crippen LogP contribution in [0.5, 0.6) is 0 Å². The highest BCUT2D eigenvalue weighted by atomic mass is 16.5. The van der Waals surface area contributed by atoms with E-state index in [0.717, 1.165) is 38.8 Å². The predicted molar refractivity (Wildman–Crippen MR) is 93.6 cm³/mol. The Kier molecular flexibility index (Phi) is 6.01. The summed E-state index contributed by atoms with van der Waals surface area (Å²) in [6.45, 7) is 12.2. The third kappa shape index (κ3) is 4.15. The van der Waals surface area contributed by atoms with E-state index in [4.69, 9.17) is 4.52 Å². The third-order valence-electron chi connectivity index (χ3n) is 4.88. The third-order valence-corrected chi connectivity index (χ3v) is 4.88. The highest BCUT2D eigenvalue weighted by molar-refractivity contribution is 5.86. The maximum atomic E-state index is 13.1. The first-order valence-electron chi connectivity index (χ1n) is 9.20. The van der Waals surface area contributed by atoms with Crippen LogP contribution in [0, 0.1) is 0 Å². The molecule has 6 heteroatoms. The van der Waals surface area contributed by atoms with Crippen molar-refractivity contribution in [3.63, 3.8) is 0 Å². The first-order chi connectivity index (χ1) is 11.3. The van der Waals surface area contributed by atoms with Crippen LogP contribution in [0.1, 0.15) is 78.4 Å². The van der Waals surface area contributed by atoms with E-state index in [1.807, 2.05) is 18.7 Å². The summed E-state index contributed by atoms with van der Waals surface area (Å²) in [7, 11) is 0. The number of carbonyl (C=O) groups is 1. The van der Waals surface area contributed by atoms with Crippen molar-refractivity contribution in [2.45, 2.75) is 84.2 Å². The van der Waals surface area contributed by atoms with Gasteiger partial charge in [-0.05, 0) is 26.7 Å². The molecule has 0 aromatic carbocycles. The van der Waals surface area contributed by atoms with E-state index in [2.05, 4.69) is 36.2 Å². The standard InChI is InChI=1S/C18H32N4O2/c1-6-22(7-2)16(23)18(11-9-8-10-12-18)19-13-14-20-15(21-24-14)17(3,4)5/h19H,6-13H2,1-5H3. The number of likely N-dealkylation sites (N-methyl/N-ethyl adjacent to an activating group) is 1. The molecule has 2 rings (SSSR count). The van der Waals surface area contributed by atoms with Crippen LogP contribution >= 0.6 is 0 Å². The summed E-state index contributed by atoms with van der Waals surface area (Å²) >= 11 is 0. The second-order valence-corrected chi connectivity index (χ2v) is 7.74. The number of rotatable bonds is 6. The molecule has 0 unspecified atom stereocenters. The van der Waals surface area contributed by atoms with Gasteiger partial charge in [-0.25, -0.2) is 0 Å². The van der Waals surface area contributed by atoms with Gasteiger partial charge in [-0.1, -0.05) is 45.2 Å². The van der Waals surface area contributed by atoms with Crippen molar-refractivity contribution in [3.05, 3.63) is 11.7 Å². The van der Waals surface area contributed by atoms with E-state index >= 15 is 0 Å². The molecule has 24 heavy (non-hydrogen) atoms. The molecule has 1 heterocycles. The van der Waals surface area contributed by atoms with Gasteiger partial charge in [0, 0.05) is 18.5 Å². The minimum Gasteiger partial charge on any atom is -0.342 e. The number of hydrogen-bond donors (Lipinski definition) is 1. The van der Waals surface area contributed by atoms with Crippen molar-refractivity contribution in [2.75, 3.05) is 13.1 Å². The number of aromatic nitrogens is 2. The molecule has 0 aliphatic heterocycles. The lowest BCUT2D eigenvalue weighted by Gasteiger charge is -2.39. The lowest BCUT2D eigenvalue weighted by atomic mass is 9.80. The van der Waals surface area contributed by atoms with Crippen LogP contribution in [0.25, 0.3) is 0 Å². The summed E-state index contributed by atoms with van der Waals surface area (Å²) in [5.74, 6) is 1.46. The van der Waals surface area contributed by atoms with Gasteiger partial charge in [-0.15, -0.1) is 0 Å². The highest BCUT2D eigenvalue weighted by Gasteiger charge is 2.41. The number of nitrogens with zero attached hydrogens (tertiary/aromatic N) is 3. The van der Waals surface area contributed by atoms with Gasteiger partial charge in [0.2, 0.25) is 11.8 Å². The molecule has 1 aliphatic carbocycles. The lowest BCUT2D eigenvalue weighted by Crippen LogP contribution is -2.58. The fourth-order valence-electron chi connectivity index (χ4n) is 3.31. The number of carbonyl (C=O) groups excluding carboxylic acids is 1. The molecule has 136 valence electrons. The SMILES string of the molecule is CCN(CC)C(=O)C1(NCc2nc(C(C)(C)C)no2)CCCCC1. The van der Waals surface area contributed by atoms with Crippen molar-refractivity contribution in [1.82, 2.24) is 20.4 Å². The fraction of sp³-hybridized carbons (Fsp3) is 0.833. The smallest absolute Gasteiger partial charge is 0.242 e. The molecule has 0 radical (unpaired) electrons. The molecule has 0 bridgehead atoms. The average Bonchev–Trinajstić information content (AvgIpc) is 3.04. The summed E-state index contributed by atoms with van der Waals surface area (Å²) in [6, 6.07) is 0. The van der Waals surface area contributed by atoms with Crippen LogP contribution in [-0.2, 0) is 16.8 Å². The van der Waals surface area contributed by atoms with Crippen LogP contribution < -0.4 is 5.32 Å². The van der Waals surface area contributed by atoms with E-state index < -0.39 is 5.54 Å². The molecule has 6 nitrogen and oxygen atoms in total. The average molecular weight is 336 g/mol.